The number of ether oxygens (including phenoxy) is 1. The van der Waals surface area contributed by atoms with Gasteiger partial charge in [-0.15, -0.1) is 0 Å². The van der Waals surface area contributed by atoms with Crippen LogP contribution in [0.1, 0.15) is 44.7 Å². The number of hydrogen-bond acceptors (Lipinski definition) is 2. The van der Waals surface area contributed by atoms with Crippen LogP contribution >= 0.6 is 0 Å². The monoisotopic (exact) mass is 261 g/mol. The van der Waals surface area contributed by atoms with Crippen molar-refractivity contribution >= 4 is 0 Å². The molecule has 0 heterocycles. The molecule has 1 aromatic carbocycles. The van der Waals surface area contributed by atoms with E-state index in [-0.39, 0.29) is 0 Å². The van der Waals surface area contributed by atoms with E-state index in [1.165, 1.54) is 24.8 Å². The maximum absolute atomic E-state index is 5.80. The van der Waals surface area contributed by atoms with Crippen LogP contribution in [-0.4, -0.2) is 25.6 Å². The van der Waals surface area contributed by atoms with Crippen LogP contribution in [-0.2, 0) is 0 Å². The molecule has 19 heavy (non-hydrogen) atoms. The summed E-state index contributed by atoms with van der Waals surface area (Å²) < 4.78 is 5.80. The predicted octanol–water partition coefficient (Wildman–Crippen LogP) is 4.12. The standard InChI is InChI=1S/C17H27NO/c1-5-13(2)17(18(3)4)15-8-10-16(11-9-15)19-12-14-6-7-14/h8-11,13-14,17H,5-7,12H2,1-4H3/t13-,17?/m1/s1. The number of hydrogen-bond donors (Lipinski definition) is 0. The van der Waals surface area contributed by atoms with Gasteiger partial charge < -0.3 is 9.64 Å². The molecule has 0 radical (unpaired) electrons. The van der Waals surface area contributed by atoms with E-state index in [4.69, 9.17) is 4.74 Å². The third-order valence-corrected chi connectivity index (χ3v) is 4.14. The molecule has 0 saturated heterocycles. The minimum atomic E-state index is 0.488. The molecule has 0 aromatic heterocycles. The topological polar surface area (TPSA) is 12.5 Å². The minimum absolute atomic E-state index is 0.488. The Morgan fingerprint density at radius 1 is 1.21 bits per heavy atom. The molecular weight excluding hydrogens is 234 g/mol. The van der Waals surface area contributed by atoms with Gasteiger partial charge in [-0.1, -0.05) is 32.4 Å². The lowest BCUT2D eigenvalue weighted by molar-refractivity contribution is 0.219. The molecular formula is C17H27NO. The van der Waals surface area contributed by atoms with Crippen molar-refractivity contribution in [2.75, 3.05) is 20.7 Å². The Morgan fingerprint density at radius 2 is 1.84 bits per heavy atom. The van der Waals surface area contributed by atoms with Crippen LogP contribution in [0.25, 0.3) is 0 Å². The molecule has 2 heteroatoms. The lowest BCUT2D eigenvalue weighted by Crippen LogP contribution is -2.25. The van der Waals surface area contributed by atoms with Gasteiger partial charge in [0, 0.05) is 6.04 Å². The second kappa shape index (κ2) is 6.42. The zero-order valence-corrected chi connectivity index (χ0v) is 12.7. The first-order valence-electron chi connectivity index (χ1n) is 7.51. The molecule has 2 atom stereocenters. The molecule has 1 saturated carbocycles. The fraction of sp³-hybridized carbons (Fsp3) is 0.647. The summed E-state index contributed by atoms with van der Waals surface area (Å²) >= 11 is 0. The van der Waals surface area contributed by atoms with Gasteiger partial charge in [-0.25, -0.2) is 0 Å². The van der Waals surface area contributed by atoms with E-state index < -0.39 is 0 Å². The first-order chi connectivity index (χ1) is 9.11. The first kappa shape index (κ1) is 14.4. The molecule has 0 aliphatic heterocycles. The smallest absolute Gasteiger partial charge is 0.119 e. The predicted molar refractivity (Wildman–Crippen MR) is 80.5 cm³/mol. The van der Waals surface area contributed by atoms with Crippen LogP contribution in [0.15, 0.2) is 24.3 Å². The third-order valence-electron chi connectivity index (χ3n) is 4.14. The first-order valence-corrected chi connectivity index (χ1v) is 7.51. The van der Waals surface area contributed by atoms with Crippen molar-refractivity contribution in [3.63, 3.8) is 0 Å². The number of benzene rings is 1. The molecule has 2 nitrogen and oxygen atoms in total. The molecule has 1 unspecified atom stereocenters. The number of rotatable bonds is 7. The maximum atomic E-state index is 5.80. The zero-order valence-electron chi connectivity index (χ0n) is 12.7. The van der Waals surface area contributed by atoms with Crippen molar-refractivity contribution in [3.8, 4) is 5.75 Å². The highest BCUT2D eigenvalue weighted by Gasteiger charge is 2.22. The molecule has 1 aliphatic carbocycles. The number of nitrogens with zero attached hydrogens (tertiary/aromatic N) is 1. The highest BCUT2D eigenvalue weighted by molar-refractivity contribution is 5.29. The molecule has 0 bridgehead atoms. The molecule has 1 aromatic rings. The van der Waals surface area contributed by atoms with E-state index in [9.17, 15) is 0 Å². The van der Waals surface area contributed by atoms with Crippen molar-refractivity contribution in [1.82, 2.24) is 4.90 Å². The summed E-state index contributed by atoms with van der Waals surface area (Å²) in [6.45, 7) is 5.47. The van der Waals surface area contributed by atoms with Crippen LogP contribution < -0.4 is 4.74 Å². The van der Waals surface area contributed by atoms with Crippen LogP contribution in [0.3, 0.4) is 0 Å². The van der Waals surface area contributed by atoms with Gasteiger partial charge in [0.2, 0.25) is 0 Å². The summed E-state index contributed by atoms with van der Waals surface area (Å²) in [7, 11) is 4.32. The Balaban J connectivity index is 2.01. The van der Waals surface area contributed by atoms with Gasteiger partial charge in [0.05, 0.1) is 6.61 Å². The van der Waals surface area contributed by atoms with Gasteiger partial charge >= 0.3 is 0 Å². The summed E-state index contributed by atoms with van der Waals surface area (Å²) in [5, 5.41) is 0. The van der Waals surface area contributed by atoms with E-state index in [0.717, 1.165) is 18.3 Å². The van der Waals surface area contributed by atoms with Crippen molar-refractivity contribution in [2.24, 2.45) is 11.8 Å². The fourth-order valence-electron chi connectivity index (χ4n) is 2.62. The average Bonchev–Trinajstić information content (AvgIpc) is 3.21. The van der Waals surface area contributed by atoms with E-state index in [1.807, 2.05) is 0 Å². The van der Waals surface area contributed by atoms with Crippen molar-refractivity contribution in [1.29, 1.82) is 0 Å². The average molecular weight is 261 g/mol. The highest BCUT2D eigenvalue weighted by Crippen LogP contribution is 2.31. The largest absolute Gasteiger partial charge is 0.493 e. The van der Waals surface area contributed by atoms with Gasteiger partial charge in [0.1, 0.15) is 5.75 Å². The van der Waals surface area contributed by atoms with E-state index in [2.05, 4.69) is 57.1 Å². The Bertz CT molecular complexity index is 381. The Hall–Kier alpha value is -1.02. The van der Waals surface area contributed by atoms with Gasteiger partial charge in [0.15, 0.2) is 0 Å². The lowest BCUT2D eigenvalue weighted by atomic mass is 9.91. The molecule has 2 rings (SSSR count). The van der Waals surface area contributed by atoms with Crippen LogP contribution in [0, 0.1) is 11.8 Å². The quantitative estimate of drug-likeness (QED) is 0.732. The van der Waals surface area contributed by atoms with Crippen LogP contribution in [0.4, 0.5) is 0 Å². The van der Waals surface area contributed by atoms with Crippen molar-refractivity contribution in [3.05, 3.63) is 29.8 Å². The molecule has 0 spiro atoms. The second-order valence-electron chi connectivity index (χ2n) is 6.12. The van der Waals surface area contributed by atoms with Gasteiger partial charge in [0.25, 0.3) is 0 Å². The molecule has 1 fully saturated rings. The zero-order chi connectivity index (χ0) is 13.8. The SMILES string of the molecule is CC[C@@H](C)C(c1ccc(OCC2CC2)cc1)N(C)C. The Morgan fingerprint density at radius 3 is 2.32 bits per heavy atom. The second-order valence-corrected chi connectivity index (χ2v) is 6.12. The highest BCUT2D eigenvalue weighted by atomic mass is 16.5. The normalized spacial score (nSPS) is 18.4. The summed E-state index contributed by atoms with van der Waals surface area (Å²) in [6, 6.07) is 9.17. The fourth-order valence-corrected chi connectivity index (χ4v) is 2.62. The van der Waals surface area contributed by atoms with Crippen LogP contribution in [0.5, 0.6) is 5.75 Å². The Kier molecular flexibility index (Phi) is 4.87. The van der Waals surface area contributed by atoms with Gasteiger partial charge in [-0.3, -0.25) is 0 Å². The van der Waals surface area contributed by atoms with Crippen molar-refractivity contribution in [2.45, 2.75) is 39.2 Å². The summed E-state index contributed by atoms with van der Waals surface area (Å²) in [5.74, 6) is 2.49. The minimum Gasteiger partial charge on any atom is -0.493 e. The van der Waals surface area contributed by atoms with Gasteiger partial charge in [-0.2, -0.15) is 0 Å². The summed E-state index contributed by atoms with van der Waals surface area (Å²) in [5.41, 5.74) is 1.39. The van der Waals surface area contributed by atoms with E-state index in [1.54, 1.807) is 0 Å². The van der Waals surface area contributed by atoms with Crippen LogP contribution in [0.2, 0.25) is 0 Å². The van der Waals surface area contributed by atoms with Gasteiger partial charge in [-0.05, 0) is 56.5 Å². The third kappa shape index (κ3) is 3.97. The molecule has 0 N–H and O–H groups in total. The maximum Gasteiger partial charge on any atom is 0.119 e. The van der Waals surface area contributed by atoms with Crippen molar-refractivity contribution < 1.29 is 4.74 Å². The molecule has 0 amide bonds. The molecule has 106 valence electrons. The van der Waals surface area contributed by atoms with E-state index >= 15 is 0 Å². The Labute approximate surface area is 117 Å². The lowest BCUT2D eigenvalue weighted by Gasteiger charge is -2.30. The molecule has 1 aliphatic rings. The summed E-state index contributed by atoms with van der Waals surface area (Å²) in [6.07, 6.45) is 3.88. The summed E-state index contributed by atoms with van der Waals surface area (Å²) in [4.78, 5) is 2.31. The van der Waals surface area contributed by atoms with E-state index in [0.29, 0.717) is 12.0 Å².